The van der Waals surface area contributed by atoms with Crippen molar-refractivity contribution < 1.29 is 4.43 Å². The fraction of sp³-hybridized carbons (Fsp3) is 0.667. The molecular weight excluding hydrogens is 116 g/mol. The van der Waals surface area contributed by atoms with E-state index < -0.39 is 0 Å². The molecule has 0 heterocycles. The van der Waals surface area contributed by atoms with E-state index in [1.54, 1.807) is 0 Å². The van der Waals surface area contributed by atoms with Gasteiger partial charge in [-0.15, -0.1) is 0 Å². The molecule has 0 aromatic heterocycles. The van der Waals surface area contributed by atoms with E-state index in [1.807, 2.05) is 0 Å². The monoisotopic (exact) mass is 130 g/mol. The van der Waals surface area contributed by atoms with Crippen molar-refractivity contribution in [2.75, 3.05) is 6.61 Å². The summed E-state index contributed by atoms with van der Waals surface area (Å²) in [6, 6.07) is 0. The Morgan fingerprint density at radius 3 is 2.75 bits per heavy atom. The van der Waals surface area contributed by atoms with Gasteiger partial charge in [0, 0.05) is 0 Å². The molecule has 0 saturated carbocycles. The van der Waals surface area contributed by atoms with Gasteiger partial charge in [0.05, 0.1) is 6.61 Å². The number of hydrogen-bond donors (Lipinski definition) is 0. The Labute approximate surface area is 54.3 Å². The average molecular weight is 130 g/mol. The average Bonchev–Trinajstić information content (AvgIpc) is 1.68. The fourth-order valence-corrected chi connectivity index (χ4v) is 1.04. The van der Waals surface area contributed by atoms with Gasteiger partial charge in [-0.2, -0.15) is 0 Å². The van der Waals surface area contributed by atoms with Gasteiger partial charge in [0.15, 0.2) is 0 Å². The maximum absolute atomic E-state index is 5.00. The zero-order valence-electron chi connectivity index (χ0n) is 5.74. The Hall–Kier alpha value is -0.0831. The summed E-state index contributed by atoms with van der Waals surface area (Å²) in [5.41, 5.74) is 1.22. The molecule has 2 heteroatoms. The van der Waals surface area contributed by atoms with Crippen LogP contribution >= 0.6 is 0 Å². The third-order valence-corrected chi connectivity index (χ3v) is 1.24. The standard InChI is InChI=1S/C6H14OSi/c1-3-4-6(2)5-7-8/h2-5H2,1,8H3. The maximum Gasteiger partial charge on any atom is 0.146 e. The second-order valence-electron chi connectivity index (χ2n) is 1.93. The van der Waals surface area contributed by atoms with E-state index >= 15 is 0 Å². The predicted molar refractivity (Wildman–Crippen MR) is 39.9 cm³/mol. The minimum absolute atomic E-state index is 0.778. The van der Waals surface area contributed by atoms with E-state index in [4.69, 9.17) is 4.43 Å². The summed E-state index contributed by atoms with van der Waals surface area (Å²) < 4.78 is 5.00. The first-order valence-corrected chi connectivity index (χ1v) is 3.78. The van der Waals surface area contributed by atoms with Gasteiger partial charge >= 0.3 is 0 Å². The second-order valence-corrected chi connectivity index (χ2v) is 2.51. The first kappa shape index (κ1) is 7.92. The van der Waals surface area contributed by atoms with E-state index in [0.29, 0.717) is 0 Å². The van der Waals surface area contributed by atoms with Crippen LogP contribution in [0.15, 0.2) is 12.2 Å². The van der Waals surface area contributed by atoms with Crippen molar-refractivity contribution in [1.29, 1.82) is 0 Å². The van der Waals surface area contributed by atoms with E-state index in [-0.39, 0.29) is 0 Å². The third kappa shape index (κ3) is 4.09. The van der Waals surface area contributed by atoms with Crippen molar-refractivity contribution in [1.82, 2.24) is 0 Å². The lowest BCUT2D eigenvalue weighted by molar-refractivity contribution is 0.383. The SMILES string of the molecule is C=C(CCC)CO[SiH3]. The Kier molecular flexibility index (Phi) is 5.01. The van der Waals surface area contributed by atoms with Crippen molar-refractivity contribution >= 4 is 10.5 Å². The smallest absolute Gasteiger partial charge is 0.146 e. The van der Waals surface area contributed by atoms with Gasteiger partial charge in [0.2, 0.25) is 0 Å². The first-order chi connectivity index (χ1) is 3.81. The second kappa shape index (κ2) is 5.06. The maximum atomic E-state index is 5.00. The normalized spacial score (nSPS) is 9.62. The van der Waals surface area contributed by atoms with Gasteiger partial charge in [0.25, 0.3) is 0 Å². The highest BCUT2D eigenvalue weighted by molar-refractivity contribution is 5.98. The van der Waals surface area contributed by atoms with Gasteiger partial charge in [-0.05, 0) is 6.42 Å². The quantitative estimate of drug-likeness (QED) is 0.401. The molecule has 0 bridgehead atoms. The Morgan fingerprint density at radius 2 is 2.38 bits per heavy atom. The summed E-state index contributed by atoms with van der Waals surface area (Å²) in [6.07, 6.45) is 2.30. The van der Waals surface area contributed by atoms with E-state index in [2.05, 4.69) is 13.5 Å². The summed E-state index contributed by atoms with van der Waals surface area (Å²) in [7, 11) is 0.833. The molecule has 0 aliphatic rings. The van der Waals surface area contributed by atoms with E-state index in [9.17, 15) is 0 Å². The molecule has 0 spiro atoms. The zero-order chi connectivity index (χ0) is 6.41. The van der Waals surface area contributed by atoms with Crippen LogP contribution in [-0.2, 0) is 4.43 Å². The van der Waals surface area contributed by atoms with Crippen LogP contribution in [0.5, 0.6) is 0 Å². The van der Waals surface area contributed by atoms with Crippen molar-refractivity contribution in [3.8, 4) is 0 Å². The molecule has 0 amide bonds. The van der Waals surface area contributed by atoms with Gasteiger partial charge in [-0.3, -0.25) is 0 Å². The molecule has 0 aromatic rings. The van der Waals surface area contributed by atoms with Crippen LogP contribution in [0.1, 0.15) is 19.8 Å². The van der Waals surface area contributed by atoms with Crippen molar-refractivity contribution in [2.45, 2.75) is 19.8 Å². The molecule has 0 saturated heterocycles. The fourth-order valence-electron chi connectivity index (χ4n) is 0.630. The van der Waals surface area contributed by atoms with Crippen LogP contribution in [-0.4, -0.2) is 17.1 Å². The highest BCUT2D eigenvalue weighted by atomic mass is 28.2. The summed E-state index contributed by atoms with van der Waals surface area (Å²) in [5, 5.41) is 0. The minimum atomic E-state index is 0.778. The first-order valence-electron chi connectivity index (χ1n) is 2.96. The molecule has 0 aromatic carbocycles. The van der Waals surface area contributed by atoms with Crippen LogP contribution in [0.4, 0.5) is 0 Å². The lowest BCUT2D eigenvalue weighted by Gasteiger charge is -1.99. The molecule has 0 radical (unpaired) electrons. The molecule has 0 aliphatic heterocycles. The molecule has 0 rings (SSSR count). The largest absolute Gasteiger partial charge is 0.424 e. The van der Waals surface area contributed by atoms with Gasteiger partial charge in [-0.1, -0.05) is 25.5 Å². The molecule has 0 atom stereocenters. The molecule has 1 nitrogen and oxygen atoms in total. The topological polar surface area (TPSA) is 9.23 Å². The van der Waals surface area contributed by atoms with Crippen LogP contribution in [0, 0.1) is 0 Å². The highest BCUT2D eigenvalue weighted by Gasteiger charge is 1.87. The zero-order valence-corrected chi connectivity index (χ0v) is 7.74. The highest BCUT2D eigenvalue weighted by Crippen LogP contribution is 1.99. The molecule has 8 heavy (non-hydrogen) atoms. The number of hydrogen-bond acceptors (Lipinski definition) is 1. The molecule has 0 N–H and O–H groups in total. The van der Waals surface area contributed by atoms with Crippen molar-refractivity contribution in [2.24, 2.45) is 0 Å². The molecule has 0 fully saturated rings. The van der Waals surface area contributed by atoms with Crippen molar-refractivity contribution in [3.63, 3.8) is 0 Å². The van der Waals surface area contributed by atoms with Crippen molar-refractivity contribution in [3.05, 3.63) is 12.2 Å². The molecule has 0 unspecified atom stereocenters. The van der Waals surface area contributed by atoms with Crippen LogP contribution in [0.25, 0.3) is 0 Å². The van der Waals surface area contributed by atoms with E-state index in [1.165, 1.54) is 12.0 Å². The van der Waals surface area contributed by atoms with Crippen LogP contribution < -0.4 is 0 Å². The Balaban J connectivity index is 3.06. The Morgan fingerprint density at radius 1 is 1.75 bits per heavy atom. The van der Waals surface area contributed by atoms with Crippen LogP contribution in [0.2, 0.25) is 0 Å². The predicted octanol–water partition coefficient (Wildman–Crippen LogP) is 0.640. The summed E-state index contributed by atoms with van der Waals surface area (Å²) in [6.45, 7) is 6.76. The summed E-state index contributed by atoms with van der Waals surface area (Å²) >= 11 is 0. The van der Waals surface area contributed by atoms with Gasteiger partial charge in [-0.25, -0.2) is 0 Å². The Bertz CT molecular complexity index is 62.9. The third-order valence-electron chi connectivity index (χ3n) is 0.952. The van der Waals surface area contributed by atoms with Gasteiger partial charge < -0.3 is 4.43 Å². The summed E-state index contributed by atoms with van der Waals surface area (Å²) in [5.74, 6) is 0. The lowest BCUT2D eigenvalue weighted by Crippen LogP contribution is -1.92. The lowest BCUT2D eigenvalue weighted by atomic mass is 10.2. The molecular formula is C6H14OSi. The summed E-state index contributed by atoms with van der Waals surface area (Å²) in [4.78, 5) is 0. The van der Waals surface area contributed by atoms with Gasteiger partial charge in [0.1, 0.15) is 10.5 Å². The molecule has 48 valence electrons. The van der Waals surface area contributed by atoms with Crippen LogP contribution in [0.3, 0.4) is 0 Å². The van der Waals surface area contributed by atoms with E-state index in [0.717, 1.165) is 23.5 Å². The minimum Gasteiger partial charge on any atom is -0.424 e. The number of rotatable bonds is 4. The molecule has 0 aliphatic carbocycles.